The van der Waals surface area contributed by atoms with Crippen molar-refractivity contribution in [1.29, 1.82) is 0 Å². The summed E-state index contributed by atoms with van der Waals surface area (Å²) in [5.74, 6) is 0. The fraction of sp³-hybridized carbons (Fsp3) is 0.333. The van der Waals surface area contributed by atoms with E-state index in [4.69, 9.17) is 5.73 Å². The molecule has 0 aliphatic heterocycles. The molecule has 0 aliphatic carbocycles. The number of halogens is 4. The molecule has 6 heteroatoms. The quantitative estimate of drug-likeness (QED) is 0.584. The molecule has 2 aromatic rings. The first-order valence-corrected chi connectivity index (χ1v) is 7.49. The van der Waals surface area contributed by atoms with Gasteiger partial charge in [0.25, 0.3) is 0 Å². The average Bonchev–Trinajstić information content (AvgIpc) is 2.53. The minimum atomic E-state index is -4.35. The Morgan fingerprint density at radius 2 is 1.54 bits per heavy atom. The Kier molecular flexibility index (Phi) is 5.06. The highest BCUT2D eigenvalue weighted by Gasteiger charge is 2.31. The van der Waals surface area contributed by atoms with Gasteiger partial charge in [0.2, 0.25) is 0 Å². The third-order valence-electron chi connectivity index (χ3n) is 3.99. The number of hydrogen-bond acceptors (Lipinski definition) is 2. The maximum atomic E-state index is 13.1. The third-order valence-corrected chi connectivity index (χ3v) is 3.99. The maximum absolute atomic E-state index is 13.1. The van der Waals surface area contributed by atoms with Crippen molar-refractivity contribution in [3.8, 4) is 0 Å². The van der Waals surface area contributed by atoms with E-state index in [9.17, 15) is 17.6 Å². The predicted molar refractivity (Wildman–Crippen MR) is 88.6 cm³/mol. The summed E-state index contributed by atoms with van der Waals surface area (Å²) in [7, 11) is 0. The smallest absolute Gasteiger partial charge is 0.399 e. The Balaban J connectivity index is 2.14. The summed E-state index contributed by atoms with van der Waals surface area (Å²) in [6.45, 7) is 3.62. The van der Waals surface area contributed by atoms with Gasteiger partial charge in [-0.2, -0.15) is 13.2 Å². The van der Waals surface area contributed by atoms with Crippen LogP contribution < -0.4 is 11.1 Å². The van der Waals surface area contributed by atoms with E-state index in [0.717, 1.165) is 17.7 Å². The highest BCUT2D eigenvalue weighted by molar-refractivity contribution is 5.58. The van der Waals surface area contributed by atoms with Crippen molar-refractivity contribution in [2.45, 2.75) is 32.1 Å². The minimum absolute atomic E-state index is 0.431. The van der Waals surface area contributed by atoms with Crippen LogP contribution in [0, 0.1) is 0 Å². The Labute approximate surface area is 138 Å². The highest BCUT2D eigenvalue weighted by atomic mass is 19.4. The van der Waals surface area contributed by atoms with E-state index >= 15 is 0 Å². The average molecular weight is 340 g/mol. The van der Waals surface area contributed by atoms with Crippen LogP contribution in [-0.4, -0.2) is 6.54 Å². The van der Waals surface area contributed by atoms with E-state index in [1.54, 1.807) is 18.2 Å². The van der Waals surface area contributed by atoms with Gasteiger partial charge in [0.05, 0.1) is 5.56 Å². The molecule has 24 heavy (non-hydrogen) atoms. The molecule has 0 fully saturated rings. The van der Waals surface area contributed by atoms with Gasteiger partial charge in [0, 0.05) is 28.9 Å². The van der Waals surface area contributed by atoms with Crippen molar-refractivity contribution >= 4 is 11.4 Å². The zero-order valence-electron chi connectivity index (χ0n) is 13.5. The number of alkyl halides is 4. The summed E-state index contributed by atoms with van der Waals surface area (Å²) < 4.78 is 51.0. The first-order valence-electron chi connectivity index (χ1n) is 7.49. The number of nitrogens with one attached hydrogen (secondary N) is 1. The molecular formula is C18H20F4N2. The summed E-state index contributed by atoms with van der Waals surface area (Å²) in [6, 6.07) is 10.0. The lowest BCUT2D eigenvalue weighted by Crippen LogP contribution is -2.28. The van der Waals surface area contributed by atoms with E-state index in [0.29, 0.717) is 23.5 Å². The highest BCUT2D eigenvalue weighted by Crippen LogP contribution is 2.32. The molecule has 0 aliphatic rings. The van der Waals surface area contributed by atoms with Gasteiger partial charge in [-0.15, -0.1) is 0 Å². The summed E-state index contributed by atoms with van der Waals surface area (Å²) in [6.07, 6.45) is -4.35. The van der Waals surface area contributed by atoms with E-state index in [1.807, 2.05) is 13.8 Å². The van der Waals surface area contributed by atoms with Gasteiger partial charge in [-0.25, -0.2) is 4.39 Å². The van der Waals surface area contributed by atoms with E-state index in [2.05, 4.69) is 5.32 Å². The van der Waals surface area contributed by atoms with E-state index in [-0.39, 0.29) is 0 Å². The first-order chi connectivity index (χ1) is 11.1. The lowest BCUT2D eigenvalue weighted by molar-refractivity contribution is -0.137. The number of hydrogen-bond donors (Lipinski definition) is 2. The van der Waals surface area contributed by atoms with Gasteiger partial charge in [0.1, 0.15) is 6.67 Å². The molecule has 0 saturated carbocycles. The van der Waals surface area contributed by atoms with Crippen molar-refractivity contribution in [1.82, 2.24) is 0 Å². The van der Waals surface area contributed by atoms with Crippen molar-refractivity contribution in [3.05, 3.63) is 59.2 Å². The lowest BCUT2D eigenvalue weighted by atomic mass is 9.84. The van der Waals surface area contributed by atoms with E-state index < -0.39 is 23.8 Å². The normalized spacial score (nSPS) is 12.2. The Hall–Kier alpha value is -2.24. The van der Waals surface area contributed by atoms with Crippen molar-refractivity contribution < 1.29 is 17.6 Å². The maximum Gasteiger partial charge on any atom is 0.416 e. The number of anilines is 2. The van der Waals surface area contributed by atoms with Gasteiger partial charge in [-0.1, -0.05) is 26.0 Å². The molecule has 0 radical (unpaired) electrons. The van der Waals surface area contributed by atoms with Crippen molar-refractivity contribution in [2.24, 2.45) is 0 Å². The van der Waals surface area contributed by atoms with Crippen LogP contribution >= 0.6 is 0 Å². The molecule has 2 aromatic carbocycles. The monoisotopic (exact) mass is 340 g/mol. The topological polar surface area (TPSA) is 38.0 Å². The zero-order valence-corrected chi connectivity index (χ0v) is 13.5. The van der Waals surface area contributed by atoms with Gasteiger partial charge in [-0.3, -0.25) is 0 Å². The Morgan fingerprint density at radius 3 is 2.08 bits per heavy atom. The Morgan fingerprint density at radius 1 is 0.958 bits per heavy atom. The zero-order chi connectivity index (χ0) is 18.0. The predicted octanol–water partition coefficient (Wildman–Crippen LogP) is 5.15. The van der Waals surface area contributed by atoms with Crippen LogP contribution in [0.5, 0.6) is 0 Å². The first kappa shape index (κ1) is 18.1. The molecule has 0 spiro atoms. The second kappa shape index (κ2) is 6.71. The molecule has 0 saturated heterocycles. The standard InChI is InChI=1S/C18H20F4N2/c1-17(2,13-3-5-14(6-4-13)18(20,21)22)11-24-16-8-7-15(23)9-12(16)10-19/h3-9,24H,10-11,23H2,1-2H3. The number of benzene rings is 2. The minimum Gasteiger partial charge on any atom is -0.399 e. The second-order valence-corrected chi connectivity index (χ2v) is 6.36. The SMILES string of the molecule is CC(C)(CNc1ccc(N)cc1CF)c1ccc(C(F)(F)F)cc1. The second-order valence-electron chi connectivity index (χ2n) is 6.36. The van der Waals surface area contributed by atoms with Crippen LogP contribution in [-0.2, 0) is 18.3 Å². The molecule has 130 valence electrons. The molecule has 3 N–H and O–H groups in total. The lowest BCUT2D eigenvalue weighted by Gasteiger charge is -2.27. The molecule has 0 bridgehead atoms. The molecular weight excluding hydrogens is 320 g/mol. The number of nitrogen functional groups attached to an aromatic ring is 1. The van der Waals surface area contributed by atoms with Crippen LogP contribution in [0.15, 0.2) is 42.5 Å². The van der Waals surface area contributed by atoms with Gasteiger partial charge >= 0.3 is 6.18 Å². The molecule has 0 atom stereocenters. The van der Waals surface area contributed by atoms with E-state index in [1.165, 1.54) is 12.1 Å². The molecule has 2 rings (SSSR count). The molecule has 0 heterocycles. The largest absolute Gasteiger partial charge is 0.416 e. The fourth-order valence-corrected chi connectivity index (χ4v) is 2.43. The van der Waals surface area contributed by atoms with Crippen molar-refractivity contribution in [2.75, 3.05) is 17.6 Å². The Bertz CT molecular complexity index is 691. The van der Waals surface area contributed by atoms with Crippen molar-refractivity contribution in [3.63, 3.8) is 0 Å². The third kappa shape index (κ3) is 4.19. The fourth-order valence-electron chi connectivity index (χ4n) is 2.43. The summed E-state index contributed by atoms with van der Waals surface area (Å²) in [4.78, 5) is 0. The molecule has 0 unspecified atom stereocenters. The number of nitrogens with two attached hydrogens (primary N) is 1. The van der Waals surface area contributed by atoms with Crippen LogP contribution in [0.25, 0.3) is 0 Å². The number of rotatable bonds is 5. The van der Waals surface area contributed by atoms with Crippen LogP contribution in [0.4, 0.5) is 28.9 Å². The van der Waals surface area contributed by atoms with Gasteiger partial charge in [-0.05, 0) is 35.9 Å². The summed E-state index contributed by atoms with van der Waals surface area (Å²) in [5.41, 5.74) is 6.87. The summed E-state index contributed by atoms with van der Waals surface area (Å²) in [5, 5.41) is 3.16. The summed E-state index contributed by atoms with van der Waals surface area (Å²) >= 11 is 0. The van der Waals surface area contributed by atoms with Crippen LogP contribution in [0.1, 0.15) is 30.5 Å². The van der Waals surface area contributed by atoms with Gasteiger partial charge in [0.15, 0.2) is 0 Å². The molecule has 2 nitrogen and oxygen atoms in total. The molecule has 0 aromatic heterocycles. The van der Waals surface area contributed by atoms with Crippen LogP contribution in [0.2, 0.25) is 0 Å². The van der Waals surface area contributed by atoms with Crippen LogP contribution in [0.3, 0.4) is 0 Å². The van der Waals surface area contributed by atoms with Gasteiger partial charge < -0.3 is 11.1 Å². The molecule has 0 amide bonds.